The number of sulfonamides is 1. The van der Waals surface area contributed by atoms with Gasteiger partial charge in [-0.3, -0.25) is 0 Å². The molecule has 7 heteroatoms. The van der Waals surface area contributed by atoms with Gasteiger partial charge in [0.25, 0.3) is 0 Å². The van der Waals surface area contributed by atoms with Crippen molar-refractivity contribution in [3.63, 3.8) is 0 Å². The lowest BCUT2D eigenvalue weighted by Gasteiger charge is -2.21. The molecular formula is C13H17NO4S2. The Morgan fingerprint density at radius 3 is 2.50 bits per heavy atom. The molecule has 20 heavy (non-hydrogen) atoms. The molecule has 1 aromatic carbocycles. The van der Waals surface area contributed by atoms with E-state index in [1.807, 2.05) is 18.2 Å². The molecule has 110 valence electrons. The van der Waals surface area contributed by atoms with Crippen molar-refractivity contribution in [3.8, 4) is 0 Å². The first-order valence-electron chi connectivity index (χ1n) is 6.03. The molecule has 1 heterocycles. The molecule has 1 N–H and O–H groups in total. The molecule has 0 spiro atoms. The van der Waals surface area contributed by atoms with E-state index in [9.17, 15) is 8.42 Å². The fraction of sp³-hybridized carbons (Fsp3) is 0.385. The lowest BCUT2D eigenvalue weighted by atomic mass is 10.3. The van der Waals surface area contributed by atoms with Crippen molar-refractivity contribution in [3.05, 3.63) is 29.6 Å². The van der Waals surface area contributed by atoms with Crippen LogP contribution < -0.4 is 4.72 Å². The average molecular weight is 315 g/mol. The molecule has 0 unspecified atom stereocenters. The quantitative estimate of drug-likeness (QED) is 0.830. The fourth-order valence-corrected chi connectivity index (χ4v) is 4.76. The second kappa shape index (κ2) is 6.19. The molecule has 2 rings (SSSR count). The average Bonchev–Trinajstić information content (AvgIpc) is 2.84. The van der Waals surface area contributed by atoms with E-state index in [2.05, 4.69) is 4.72 Å². The van der Waals surface area contributed by atoms with Crippen molar-refractivity contribution < 1.29 is 17.9 Å². The Bertz CT molecular complexity index is 676. The Balaban J connectivity index is 2.31. The Hall–Kier alpha value is -0.990. The molecule has 1 aromatic heterocycles. The number of hydrogen-bond donors (Lipinski definition) is 1. The number of methoxy groups -OCH3 is 2. The zero-order chi connectivity index (χ0) is 14.8. The van der Waals surface area contributed by atoms with E-state index in [0.717, 1.165) is 10.1 Å². The summed E-state index contributed by atoms with van der Waals surface area (Å²) >= 11 is 1.41. The van der Waals surface area contributed by atoms with Crippen molar-refractivity contribution in [2.24, 2.45) is 0 Å². The zero-order valence-corrected chi connectivity index (χ0v) is 13.1. The summed E-state index contributed by atoms with van der Waals surface area (Å²) in [6, 6.07) is 6.92. The van der Waals surface area contributed by atoms with Crippen LogP contribution >= 0.6 is 11.3 Å². The molecule has 2 aromatic rings. The van der Waals surface area contributed by atoms with Gasteiger partial charge in [0.15, 0.2) is 6.29 Å². The van der Waals surface area contributed by atoms with Crippen LogP contribution in [0.3, 0.4) is 0 Å². The number of nitrogens with one attached hydrogen (secondary N) is 1. The van der Waals surface area contributed by atoms with Gasteiger partial charge in [-0.2, -0.15) is 0 Å². The SMILES string of the molecule is COC(OC)[C@@H](C)NS(=O)(=O)c1csc2ccccc12. The van der Waals surface area contributed by atoms with Crippen LogP contribution in [0.1, 0.15) is 6.92 Å². The lowest BCUT2D eigenvalue weighted by Crippen LogP contribution is -2.42. The summed E-state index contributed by atoms with van der Waals surface area (Å²) in [5.74, 6) is 0. The van der Waals surface area contributed by atoms with Crippen LogP contribution in [0.25, 0.3) is 10.1 Å². The summed E-state index contributed by atoms with van der Waals surface area (Å²) in [5, 5.41) is 2.37. The molecule has 5 nitrogen and oxygen atoms in total. The van der Waals surface area contributed by atoms with Gasteiger partial charge in [-0.15, -0.1) is 11.3 Å². The lowest BCUT2D eigenvalue weighted by molar-refractivity contribution is -0.115. The van der Waals surface area contributed by atoms with E-state index >= 15 is 0 Å². The van der Waals surface area contributed by atoms with E-state index < -0.39 is 22.4 Å². The highest BCUT2D eigenvalue weighted by molar-refractivity contribution is 7.90. The molecule has 0 fully saturated rings. The maximum atomic E-state index is 12.4. The summed E-state index contributed by atoms with van der Waals surface area (Å²) < 4.78 is 38.5. The maximum Gasteiger partial charge on any atom is 0.242 e. The van der Waals surface area contributed by atoms with Crippen molar-refractivity contribution in [1.29, 1.82) is 0 Å². The molecule has 0 amide bonds. The summed E-state index contributed by atoms with van der Waals surface area (Å²) in [6.07, 6.45) is -0.630. The first-order chi connectivity index (χ1) is 9.49. The van der Waals surface area contributed by atoms with Crippen LogP contribution in [0.4, 0.5) is 0 Å². The number of ether oxygens (including phenoxy) is 2. The van der Waals surface area contributed by atoms with E-state index in [4.69, 9.17) is 9.47 Å². The van der Waals surface area contributed by atoms with Crippen LogP contribution in [-0.2, 0) is 19.5 Å². The van der Waals surface area contributed by atoms with Gasteiger partial charge in [0.2, 0.25) is 10.0 Å². The zero-order valence-electron chi connectivity index (χ0n) is 11.5. The first-order valence-corrected chi connectivity index (χ1v) is 8.40. The second-order valence-corrected chi connectivity index (χ2v) is 6.94. The molecular weight excluding hydrogens is 298 g/mol. The number of benzene rings is 1. The Labute approximate surface area is 122 Å². The van der Waals surface area contributed by atoms with Gasteiger partial charge in [0, 0.05) is 29.7 Å². The van der Waals surface area contributed by atoms with Gasteiger partial charge in [0.1, 0.15) is 4.90 Å². The molecule has 0 radical (unpaired) electrons. The number of thiophene rings is 1. The molecule has 0 saturated carbocycles. The van der Waals surface area contributed by atoms with Gasteiger partial charge in [-0.25, -0.2) is 13.1 Å². The highest BCUT2D eigenvalue weighted by Gasteiger charge is 2.25. The second-order valence-electron chi connectivity index (χ2n) is 4.35. The van der Waals surface area contributed by atoms with Crippen molar-refractivity contribution in [2.75, 3.05) is 14.2 Å². The summed E-state index contributed by atoms with van der Waals surface area (Å²) in [7, 11) is -0.665. The summed E-state index contributed by atoms with van der Waals surface area (Å²) in [5.41, 5.74) is 0. The minimum Gasteiger partial charge on any atom is -0.354 e. The Morgan fingerprint density at radius 2 is 1.85 bits per heavy atom. The number of fused-ring (bicyclic) bond motifs is 1. The number of rotatable bonds is 6. The van der Waals surface area contributed by atoms with Gasteiger partial charge in [-0.1, -0.05) is 18.2 Å². The predicted molar refractivity (Wildman–Crippen MR) is 79.4 cm³/mol. The standard InChI is InChI=1S/C13H17NO4S2/c1-9(13(17-2)18-3)14-20(15,16)12-8-19-11-7-5-4-6-10(11)12/h4-9,13-14H,1-3H3/t9-/m1/s1. The summed E-state index contributed by atoms with van der Waals surface area (Å²) in [4.78, 5) is 0.288. The minimum absolute atomic E-state index is 0.288. The van der Waals surface area contributed by atoms with Crippen LogP contribution in [0, 0.1) is 0 Å². The summed E-state index contributed by atoms with van der Waals surface area (Å²) in [6.45, 7) is 1.70. The highest BCUT2D eigenvalue weighted by atomic mass is 32.2. The van der Waals surface area contributed by atoms with Crippen molar-refractivity contribution in [2.45, 2.75) is 24.2 Å². The maximum absolute atomic E-state index is 12.4. The third kappa shape index (κ3) is 3.02. The first kappa shape index (κ1) is 15.4. The number of hydrogen-bond acceptors (Lipinski definition) is 5. The topological polar surface area (TPSA) is 64.6 Å². The van der Waals surface area contributed by atoms with Crippen LogP contribution in [0.15, 0.2) is 34.5 Å². The predicted octanol–water partition coefficient (Wildman–Crippen LogP) is 2.19. The normalized spacial score (nSPS) is 14.0. The van der Waals surface area contributed by atoms with Crippen LogP contribution in [0.2, 0.25) is 0 Å². The van der Waals surface area contributed by atoms with E-state index in [-0.39, 0.29) is 4.90 Å². The fourth-order valence-electron chi connectivity index (χ4n) is 2.03. The van der Waals surface area contributed by atoms with Crippen molar-refractivity contribution >= 4 is 31.4 Å². The molecule has 0 aliphatic rings. The van der Waals surface area contributed by atoms with Crippen LogP contribution in [0.5, 0.6) is 0 Å². The Morgan fingerprint density at radius 1 is 1.20 bits per heavy atom. The van der Waals surface area contributed by atoms with Crippen molar-refractivity contribution in [1.82, 2.24) is 4.72 Å². The highest BCUT2D eigenvalue weighted by Crippen LogP contribution is 2.29. The third-order valence-electron chi connectivity index (χ3n) is 2.95. The largest absolute Gasteiger partial charge is 0.354 e. The Kier molecular flexibility index (Phi) is 4.77. The smallest absolute Gasteiger partial charge is 0.242 e. The minimum atomic E-state index is -3.61. The van der Waals surface area contributed by atoms with E-state index in [1.54, 1.807) is 18.4 Å². The molecule has 0 saturated heterocycles. The van der Waals surface area contributed by atoms with Crippen LogP contribution in [-0.4, -0.2) is 35.0 Å². The van der Waals surface area contributed by atoms with Gasteiger partial charge in [0.05, 0.1) is 6.04 Å². The van der Waals surface area contributed by atoms with E-state index in [1.165, 1.54) is 25.6 Å². The molecule has 0 aliphatic heterocycles. The van der Waals surface area contributed by atoms with Gasteiger partial charge < -0.3 is 9.47 Å². The molecule has 1 atom stereocenters. The third-order valence-corrected chi connectivity index (χ3v) is 5.66. The van der Waals surface area contributed by atoms with E-state index in [0.29, 0.717) is 0 Å². The van der Waals surface area contributed by atoms with Gasteiger partial charge in [-0.05, 0) is 13.0 Å². The molecule has 0 bridgehead atoms. The molecule has 0 aliphatic carbocycles. The monoisotopic (exact) mass is 315 g/mol. The van der Waals surface area contributed by atoms with Gasteiger partial charge >= 0.3 is 0 Å².